The van der Waals surface area contributed by atoms with Crippen molar-refractivity contribution >= 4 is 5.91 Å². The third-order valence-corrected chi connectivity index (χ3v) is 4.45. The highest BCUT2D eigenvalue weighted by atomic mass is 19.4. The molecule has 1 saturated carbocycles. The van der Waals surface area contributed by atoms with E-state index >= 15 is 0 Å². The maximum Gasteiger partial charge on any atom is 0.416 e. The van der Waals surface area contributed by atoms with E-state index in [0.29, 0.717) is 0 Å². The van der Waals surface area contributed by atoms with E-state index in [9.17, 15) is 23.1 Å². The number of aliphatic hydroxyl groups is 1. The summed E-state index contributed by atoms with van der Waals surface area (Å²) < 4.78 is 38.7. The zero-order chi connectivity index (χ0) is 16.4. The average molecular weight is 315 g/mol. The van der Waals surface area contributed by atoms with Crippen LogP contribution >= 0.6 is 0 Å². The van der Waals surface area contributed by atoms with E-state index in [2.05, 4.69) is 5.32 Å². The van der Waals surface area contributed by atoms with Crippen LogP contribution in [0.4, 0.5) is 13.2 Å². The summed E-state index contributed by atoms with van der Waals surface area (Å²) in [5, 5.41) is 12.2. The van der Waals surface area contributed by atoms with Gasteiger partial charge in [0.25, 0.3) is 0 Å². The number of alkyl halides is 3. The Balaban J connectivity index is 2.07. The second-order valence-electron chi connectivity index (χ2n) is 6.16. The van der Waals surface area contributed by atoms with Gasteiger partial charge in [0.1, 0.15) is 0 Å². The van der Waals surface area contributed by atoms with Crippen LogP contribution in [0.5, 0.6) is 0 Å². The van der Waals surface area contributed by atoms with E-state index in [1.165, 1.54) is 18.2 Å². The quantitative estimate of drug-likeness (QED) is 0.897. The Morgan fingerprint density at radius 1 is 1.41 bits per heavy atom. The van der Waals surface area contributed by atoms with Crippen LogP contribution in [0, 0.1) is 5.41 Å². The first-order chi connectivity index (χ1) is 10.3. The molecule has 1 fully saturated rings. The first kappa shape index (κ1) is 16.8. The number of halogens is 3. The van der Waals surface area contributed by atoms with Gasteiger partial charge in [-0.15, -0.1) is 0 Å². The fourth-order valence-corrected chi connectivity index (χ4v) is 3.04. The lowest BCUT2D eigenvalue weighted by Crippen LogP contribution is -2.45. The number of rotatable bonds is 4. The van der Waals surface area contributed by atoms with Crippen LogP contribution in [0.3, 0.4) is 0 Å². The zero-order valence-electron chi connectivity index (χ0n) is 12.4. The van der Waals surface area contributed by atoms with E-state index in [0.717, 1.165) is 25.3 Å². The molecule has 0 aliphatic heterocycles. The molecule has 1 aliphatic rings. The molecule has 1 aromatic rings. The summed E-state index contributed by atoms with van der Waals surface area (Å²) in [7, 11) is 0. The van der Waals surface area contributed by atoms with E-state index in [1.807, 2.05) is 6.92 Å². The Morgan fingerprint density at radius 2 is 2.09 bits per heavy atom. The molecule has 0 heterocycles. The van der Waals surface area contributed by atoms with Gasteiger partial charge in [-0.05, 0) is 24.5 Å². The van der Waals surface area contributed by atoms with Crippen molar-refractivity contribution in [3.05, 3.63) is 35.4 Å². The second kappa shape index (κ2) is 6.28. The van der Waals surface area contributed by atoms with E-state index in [-0.39, 0.29) is 30.0 Å². The Labute approximate surface area is 127 Å². The zero-order valence-corrected chi connectivity index (χ0v) is 12.4. The van der Waals surface area contributed by atoms with Gasteiger partial charge in [0, 0.05) is 11.5 Å². The van der Waals surface area contributed by atoms with Crippen molar-refractivity contribution in [2.24, 2.45) is 5.41 Å². The molecule has 0 bridgehead atoms. The highest BCUT2D eigenvalue weighted by molar-refractivity contribution is 5.79. The number of benzene rings is 1. The minimum absolute atomic E-state index is 0.0313. The molecule has 0 spiro atoms. The number of amides is 1. The summed E-state index contributed by atoms with van der Waals surface area (Å²) >= 11 is 0. The molecule has 0 aromatic heterocycles. The van der Waals surface area contributed by atoms with E-state index in [1.54, 1.807) is 0 Å². The SMILES string of the molecule is C[C@@]1(CO)CCC[C@@H]1NC(=O)Cc1ccccc1C(F)(F)F. The standard InChI is InChI=1S/C16H20F3NO2/c1-15(10-21)8-4-7-13(15)20-14(22)9-11-5-2-3-6-12(11)16(17,18)19/h2-3,5-6,13,21H,4,7-10H2,1H3,(H,20,22)/t13-,15-/m0/s1. The molecule has 3 nitrogen and oxygen atoms in total. The minimum Gasteiger partial charge on any atom is -0.396 e. The molecular formula is C16H20F3NO2. The van der Waals surface area contributed by atoms with Crippen LogP contribution in [0.15, 0.2) is 24.3 Å². The monoisotopic (exact) mass is 315 g/mol. The third-order valence-electron chi connectivity index (χ3n) is 4.45. The topological polar surface area (TPSA) is 49.3 Å². The summed E-state index contributed by atoms with van der Waals surface area (Å²) in [5.41, 5.74) is -1.20. The molecule has 2 atom stereocenters. The average Bonchev–Trinajstić information content (AvgIpc) is 2.80. The Kier molecular flexibility index (Phi) is 4.80. The predicted octanol–water partition coefficient (Wildman–Crippen LogP) is 2.92. The summed E-state index contributed by atoms with van der Waals surface area (Å²) in [4.78, 5) is 12.1. The maximum atomic E-state index is 12.9. The molecular weight excluding hydrogens is 295 g/mol. The predicted molar refractivity (Wildman–Crippen MR) is 76.1 cm³/mol. The van der Waals surface area contributed by atoms with Gasteiger partial charge in [-0.1, -0.05) is 31.5 Å². The van der Waals surface area contributed by atoms with Gasteiger partial charge in [0.05, 0.1) is 18.6 Å². The fourth-order valence-electron chi connectivity index (χ4n) is 3.04. The van der Waals surface area contributed by atoms with Gasteiger partial charge in [-0.3, -0.25) is 4.79 Å². The molecule has 1 aromatic carbocycles. The van der Waals surface area contributed by atoms with Gasteiger partial charge < -0.3 is 10.4 Å². The number of nitrogens with one attached hydrogen (secondary N) is 1. The second-order valence-corrected chi connectivity index (χ2v) is 6.16. The fraction of sp³-hybridized carbons (Fsp3) is 0.562. The summed E-state index contributed by atoms with van der Waals surface area (Å²) in [6, 6.07) is 4.91. The molecule has 0 unspecified atom stereocenters. The normalized spacial score (nSPS) is 25.2. The largest absolute Gasteiger partial charge is 0.416 e. The van der Waals surface area contributed by atoms with E-state index < -0.39 is 17.6 Å². The first-order valence-electron chi connectivity index (χ1n) is 7.31. The molecule has 0 radical (unpaired) electrons. The van der Waals surface area contributed by atoms with Gasteiger partial charge in [0.2, 0.25) is 5.91 Å². The Morgan fingerprint density at radius 3 is 2.73 bits per heavy atom. The summed E-state index contributed by atoms with van der Waals surface area (Å²) in [6.45, 7) is 1.84. The summed E-state index contributed by atoms with van der Waals surface area (Å²) in [5.74, 6) is -0.441. The summed E-state index contributed by atoms with van der Waals surface area (Å²) in [6.07, 6.45) is -2.35. The smallest absolute Gasteiger partial charge is 0.396 e. The van der Waals surface area contributed by atoms with Crippen LogP contribution in [-0.2, 0) is 17.4 Å². The van der Waals surface area contributed by atoms with Crippen LogP contribution in [0.25, 0.3) is 0 Å². The molecule has 2 rings (SSSR count). The lowest BCUT2D eigenvalue weighted by Gasteiger charge is -2.30. The van der Waals surface area contributed by atoms with Gasteiger partial charge in [-0.25, -0.2) is 0 Å². The number of carbonyl (C=O) groups is 1. The Bertz CT molecular complexity index is 544. The molecule has 122 valence electrons. The van der Waals surface area contributed by atoms with Crippen molar-refractivity contribution in [1.82, 2.24) is 5.32 Å². The molecule has 2 N–H and O–H groups in total. The third kappa shape index (κ3) is 3.61. The number of hydrogen-bond acceptors (Lipinski definition) is 2. The molecule has 22 heavy (non-hydrogen) atoms. The van der Waals surface area contributed by atoms with Crippen LogP contribution in [0.1, 0.15) is 37.3 Å². The van der Waals surface area contributed by atoms with Gasteiger partial charge in [-0.2, -0.15) is 13.2 Å². The maximum absolute atomic E-state index is 12.9. The van der Waals surface area contributed by atoms with Crippen molar-refractivity contribution in [1.29, 1.82) is 0 Å². The molecule has 0 saturated heterocycles. The lowest BCUT2D eigenvalue weighted by molar-refractivity contribution is -0.138. The highest BCUT2D eigenvalue weighted by Gasteiger charge is 2.39. The molecule has 1 amide bonds. The number of hydrogen-bond donors (Lipinski definition) is 2. The van der Waals surface area contributed by atoms with Crippen LogP contribution in [0.2, 0.25) is 0 Å². The first-order valence-corrected chi connectivity index (χ1v) is 7.31. The van der Waals surface area contributed by atoms with Crippen molar-refractivity contribution in [2.75, 3.05) is 6.61 Å². The van der Waals surface area contributed by atoms with Gasteiger partial charge >= 0.3 is 6.18 Å². The number of aliphatic hydroxyl groups excluding tert-OH is 1. The lowest BCUT2D eigenvalue weighted by atomic mass is 9.85. The highest BCUT2D eigenvalue weighted by Crippen LogP contribution is 2.37. The van der Waals surface area contributed by atoms with Gasteiger partial charge in [0.15, 0.2) is 0 Å². The van der Waals surface area contributed by atoms with Crippen LogP contribution < -0.4 is 5.32 Å². The minimum atomic E-state index is -4.47. The van der Waals surface area contributed by atoms with Crippen molar-refractivity contribution in [2.45, 2.75) is 44.8 Å². The number of carbonyl (C=O) groups excluding carboxylic acids is 1. The van der Waals surface area contributed by atoms with Crippen LogP contribution in [-0.4, -0.2) is 23.7 Å². The molecule has 1 aliphatic carbocycles. The molecule has 6 heteroatoms. The van der Waals surface area contributed by atoms with Crippen molar-refractivity contribution in [3.8, 4) is 0 Å². The van der Waals surface area contributed by atoms with Crippen molar-refractivity contribution in [3.63, 3.8) is 0 Å². The van der Waals surface area contributed by atoms with E-state index in [4.69, 9.17) is 0 Å². The van der Waals surface area contributed by atoms with Crippen molar-refractivity contribution < 1.29 is 23.1 Å². The Hall–Kier alpha value is -1.56.